The van der Waals surface area contributed by atoms with E-state index in [0.717, 1.165) is 37.2 Å². The Hall–Kier alpha value is -1.14. The molecule has 0 saturated carbocycles. The van der Waals surface area contributed by atoms with E-state index in [1.54, 1.807) is 11.3 Å². The van der Waals surface area contributed by atoms with Crippen LogP contribution in [0.2, 0.25) is 0 Å². The van der Waals surface area contributed by atoms with Crippen molar-refractivity contribution in [3.05, 3.63) is 52.0 Å². The summed E-state index contributed by atoms with van der Waals surface area (Å²) >= 11 is 1.56. The second kappa shape index (κ2) is 10.1. The largest absolute Gasteiger partial charge is 0.333 e. The number of nitrogens with zero attached hydrogens (tertiary/aromatic N) is 2. The number of hydrogen-bond acceptors (Lipinski definition) is 4. The fourth-order valence-corrected chi connectivity index (χ4v) is 3.97. The van der Waals surface area contributed by atoms with Crippen molar-refractivity contribution in [1.82, 2.24) is 9.88 Å². The van der Waals surface area contributed by atoms with E-state index in [1.807, 2.05) is 35.4 Å². The molecule has 1 saturated heterocycles. The van der Waals surface area contributed by atoms with Gasteiger partial charge in [-0.05, 0) is 31.7 Å². The molecule has 2 N–H and O–H groups in total. The highest BCUT2D eigenvalue weighted by molar-refractivity contribution is 7.09. The standard InChI is InChI=1S/C18H23N3OS.2ClH/c1-13(19)16-9-5-6-10-21(16)18(22)15-12-23-17(20-15)11-14-7-3-2-4-8-14;;/h2-4,7-8,12-13,16H,5-6,9-11,19H2,1H3;2*1H. The summed E-state index contributed by atoms with van der Waals surface area (Å²) in [6.45, 7) is 2.77. The number of halogens is 2. The average molecular weight is 402 g/mol. The lowest BCUT2D eigenvalue weighted by molar-refractivity contribution is 0.0578. The minimum atomic E-state index is 0. The number of nitrogens with two attached hydrogens (primary N) is 1. The predicted octanol–water partition coefficient (Wildman–Crippen LogP) is 3.92. The Morgan fingerprint density at radius 2 is 2.04 bits per heavy atom. The van der Waals surface area contributed by atoms with Crippen LogP contribution in [0.15, 0.2) is 35.7 Å². The Bertz CT molecular complexity index is 663. The van der Waals surface area contributed by atoms with Crippen LogP contribution in [0.4, 0.5) is 0 Å². The maximum atomic E-state index is 12.8. The van der Waals surface area contributed by atoms with Crippen LogP contribution in [-0.2, 0) is 6.42 Å². The minimum absolute atomic E-state index is 0. The van der Waals surface area contributed by atoms with Crippen molar-refractivity contribution in [1.29, 1.82) is 0 Å². The third-order valence-electron chi connectivity index (χ3n) is 4.39. The molecule has 2 unspecified atom stereocenters. The normalized spacial score (nSPS) is 18.0. The van der Waals surface area contributed by atoms with E-state index < -0.39 is 0 Å². The number of likely N-dealkylation sites (tertiary alicyclic amines) is 1. The second-order valence-electron chi connectivity index (χ2n) is 6.21. The first-order valence-corrected chi connectivity index (χ1v) is 9.08. The van der Waals surface area contributed by atoms with E-state index in [0.29, 0.717) is 5.69 Å². The van der Waals surface area contributed by atoms with Crippen LogP contribution in [0.5, 0.6) is 0 Å². The highest BCUT2D eigenvalue weighted by Crippen LogP contribution is 2.23. The Kier molecular flexibility index (Phi) is 8.86. The van der Waals surface area contributed by atoms with Gasteiger partial charge in [0.1, 0.15) is 5.69 Å². The maximum absolute atomic E-state index is 12.8. The minimum Gasteiger partial charge on any atom is -0.333 e. The molecule has 1 amide bonds. The summed E-state index contributed by atoms with van der Waals surface area (Å²) in [6, 6.07) is 10.4. The van der Waals surface area contributed by atoms with Crippen molar-refractivity contribution in [3.63, 3.8) is 0 Å². The van der Waals surface area contributed by atoms with Crippen LogP contribution in [0.3, 0.4) is 0 Å². The van der Waals surface area contributed by atoms with Crippen molar-refractivity contribution in [2.24, 2.45) is 5.73 Å². The van der Waals surface area contributed by atoms with Crippen LogP contribution >= 0.6 is 36.2 Å². The molecule has 0 radical (unpaired) electrons. The Morgan fingerprint density at radius 1 is 1.32 bits per heavy atom. The summed E-state index contributed by atoms with van der Waals surface area (Å²) in [6.07, 6.45) is 3.96. The lowest BCUT2D eigenvalue weighted by atomic mass is 9.96. The van der Waals surface area contributed by atoms with Crippen molar-refractivity contribution in [2.75, 3.05) is 6.54 Å². The molecular formula is C18H25Cl2N3OS. The van der Waals surface area contributed by atoms with Crippen molar-refractivity contribution in [3.8, 4) is 0 Å². The third-order valence-corrected chi connectivity index (χ3v) is 5.23. The van der Waals surface area contributed by atoms with Crippen LogP contribution in [-0.4, -0.2) is 34.4 Å². The monoisotopic (exact) mass is 401 g/mol. The molecule has 7 heteroatoms. The van der Waals surface area contributed by atoms with Gasteiger partial charge in [-0.15, -0.1) is 36.2 Å². The van der Waals surface area contributed by atoms with Gasteiger partial charge in [0.05, 0.1) is 5.01 Å². The van der Waals surface area contributed by atoms with Crippen LogP contribution in [0, 0.1) is 0 Å². The number of piperidine rings is 1. The van der Waals surface area contributed by atoms with Gasteiger partial charge >= 0.3 is 0 Å². The first-order chi connectivity index (χ1) is 11.1. The zero-order valence-electron chi connectivity index (χ0n) is 14.3. The Balaban J connectivity index is 0.00000156. The SMILES string of the molecule is CC(N)C1CCCCN1C(=O)c1csc(Cc2ccccc2)n1.Cl.Cl. The van der Waals surface area contributed by atoms with Gasteiger partial charge in [-0.2, -0.15) is 0 Å². The molecule has 1 aromatic heterocycles. The number of hydrogen-bond donors (Lipinski definition) is 1. The molecule has 25 heavy (non-hydrogen) atoms. The molecule has 1 aliphatic rings. The van der Waals surface area contributed by atoms with Gasteiger partial charge in [0.2, 0.25) is 0 Å². The molecule has 1 aromatic carbocycles. The lowest BCUT2D eigenvalue weighted by Crippen LogP contribution is -2.51. The van der Waals surface area contributed by atoms with E-state index in [2.05, 4.69) is 17.1 Å². The molecule has 2 heterocycles. The van der Waals surface area contributed by atoms with Gasteiger partial charge in [0, 0.05) is 30.4 Å². The number of benzene rings is 1. The maximum Gasteiger partial charge on any atom is 0.273 e. The number of amides is 1. The van der Waals surface area contributed by atoms with E-state index in [4.69, 9.17) is 5.73 Å². The number of rotatable bonds is 4. The van der Waals surface area contributed by atoms with E-state index >= 15 is 0 Å². The van der Waals surface area contributed by atoms with Crippen LogP contribution in [0.1, 0.15) is 47.2 Å². The number of thiazole rings is 1. The molecule has 0 spiro atoms. The molecule has 0 bridgehead atoms. The summed E-state index contributed by atoms with van der Waals surface area (Å²) < 4.78 is 0. The van der Waals surface area contributed by atoms with E-state index in [-0.39, 0.29) is 42.8 Å². The zero-order chi connectivity index (χ0) is 16.2. The molecule has 2 atom stereocenters. The van der Waals surface area contributed by atoms with Crippen molar-refractivity contribution < 1.29 is 4.79 Å². The number of aromatic nitrogens is 1. The van der Waals surface area contributed by atoms with Gasteiger partial charge in [-0.3, -0.25) is 4.79 Å². The predicted molar refractivity (Wildman–Crippen MR) is 108 cm³/mol. The average Bonchev–Trinajstić information content (AvgIpc) is 3.03. The molecule has 1 aliphatic heterocycles. The third kappa shape index (κ3) is 5.42. The highest BCUT2D eigenvalue weighted by Gasteiger charge is 2.30. The van der Waals surface area contributed by atoms with Gasteiger partial charge in [0.25, 0.3) is 5.91 Å². The molecule has 4 nitrogen and oxygen atoms in total. The molecule has 138 valence electrons. The summed E-state index contributed by atoms with van der Waals surface area (Å²) in [7, 11) is 0. The molecule has 1 fully saturated rings. The molecule has 2 aromatic rings. The fraction of sp³-hybridized carbons (Fsp3) is 0.444. The first-order valence-electron chi connectivity index (χ1n) is 8.20. The summed E-state index contributed by atoms with van der Waals surface area (Å²) in [5.74, 6) is 0.0301. The van der Waals surface area contributed by atoms with Gasteiger partial charge in [-0.1, -0.05) is 30.3 Å². The van der Waals surface area contributed by atoms with Crippen LogP contribution in [0.25, 0.3) is 0 Å². The smallest absolute Gasteiger partial charge is 0.273 e. The quantitative estimate of drug-likeness (QED) is 0.843. The summed E-state index contributed by atoms with van der Waals surface area (Å²) in [4.78, 5) is 19.3. The van der Waals surface area contributed by atoms with Crippen molar-refractivity contribution >= 4 is 42.1 Å². The number of carbonyl (C=O) groups is 1. The lowest BCUT2D eigenvalue weighted by Gasteiger charge is -2.37. The van der Waals surface area contributed by atoms with Gasteiger partial charge in [-0.25, -0.2) is 4.98 Å². The van der Waals surface area contributed by atoms with Crippen molar-refractivity contribution in [2.45, 2.75) is 44.7 Å². The molecular weight excluding hydrogens is 377 g/mol. The first kappa shape index (κ1) is 21.9. The Labute approximate surface area is 165 Å². The second-order valence-corrected chi connectivity index (χ2v) is 7.15. The zero-order valence-corrected chi connectivity index (χ0v) is 16.7. The van der Waals surface area contributed by atoms with Crippen LogP contribution < -0.4 is 5.73 Å². The van der Waals surface area contributed by atoms with E-state index in [9.17, 15) is 4.79 Å². The highest BCUT2D eigenvalue weighted by atomic mass is 35.5. The molecule has 0 aliphatic carbocycles. The topological polar surface area (TPSA) is 59.2 Å². The fourth-order valence-electron chi connectivity index (χ4n) is 3.16. The van der Waals surface area contributed by atoms with Gasteiger partial charge < -0.3 is 10.6 Å². The summed E-state index contributed by atoms with van der Waals surface area (Å²) in [5.41, 5.74) is 7.85. The number of carbonyl (C=O) groups excluding carboxylic acids is 1. The molecule has 3 rings (SSSR count). The summed E-state index contributed by atoms with van der Waals surface area (Å²) in [5, 5.41) is 2.86. The van der Waals surface area contributed by atoms with E-state index in [1.165, 1.54) is 5.56 Å². The van der Waals surface area contributed by atoms with Gasteiger partial charge in [0.15, 0.2) is 0 Å². The Morgan fingerprint density at radius 3 is 2.72 bits per heavy atom.